The van der Waals surface area contributed by atoms with Gasteiger partial charge < -0.3 is 0 Å². The third kappa shape index (κ3) is 3.74. The topological polar surface area (TPSA) is 56.5 Å². The van der Waals surface area contributed by atoms with E-state index in [2.05, 4.69) is 45.9 Å². The summed E-state index contributed by atoms with van der Waals surface area (Å²) in [6, 6.07) is 38.7. The normalized spacial score (nSPS) is 11.2. The maximum Gasteiger partial charge on any atom is 0.160 e. The van der Waals surface area contributed by atoms with Gasteiger partial charge in [0.25, 0.3) is 0 Å². The molecule has 0 unspecified atom stereocenters. The largest absolute Gasteiger partial charge is 0.294 e. The Morgan fingerprint density at radius 2 is 1.19 bits per heavy atom. The summed E-state index contributed by atoms with van der Waals surface area (Å²) in [5.41, 5.74) is 6.58. The number of fused-ring (bicyclic) bond motifs is 3. The molecule has 4 heterocycles. The second kappa shape index (κ2) is 8.81. The number of aromatic nitrogens is 5. The van der Waals surface area contributed by atoms with E-state index in [1.54, 1.807) is 0 Å². The average Bonchev–Trinajstić information content (AvgIpc) is 3.32. The van der Waals surface area contributed by atoms with Crippen LogP contribution in [0, 0.1) is 0 Å². The number of benzene rings is 3. The Bertz CT molecular complexity index is 1760. The van der Waals surface area contributed by atoms with E-state index < -0.39 is 0 Å². The molecule has 0 spiro atoms. The van der Waals surface area contributed by atoms with Crippen molar-refractivity contribution in [2.75, 3.05) is 0 Å². The van der Waals surface area contributed by atoms with Gasteiger partial charge in [-0.2, -0.15) is 0 Å². The molecule has 4 aromatic heterocycles. The van der Waals surface area contributed by atoms with Crippen LogP contribution in [0.4, 0.5) is 0 Å². The first-order valence-corrected chi connectivity index (χ1v) is 12.2. The molecule has 0 saturated heterocycles. The first kappa shape index (κ1) is 21.1. The van der Waals surface area contributed by atoms with Gasteiger partial charge in [-0.3, -0.25) is 9.55 Å². The summed E-state index contributed by atoms with van der Waals surface area (Å²) in [6.07, 6.45) is 3.74. The highest BCUT2D eigenvalue weighted by Gasteiger charge is 2.15. The molecule has 37 heavy (non-hydrogen) atoms. The zero-order chi connectivity index (χ0) is 24.6. The Labute approximate surface area is 213 Å². The molecule has 0 aliphatic carbocycles. The quantitative estimate of drug-likeness (QED) is 0.267. The van der Waals surface area contributed by atoms with Gasteiger partial charge in [0.2, 0.25) is 0 Å². The molecule has 5 nitrogen and oxygen atoms in total. The SMILES string of the molecule is c1ccc(-c2cc(-c3cccc(-n4c5ccccc5c5cnccc54)n3)nc(-c3ccccc3)n2)cc1. The van der Waals surface area contributed by atoms with E-state index >= 15 is 0 Å². The van der Waals surface area contributed by atoms with Crippen molar-refractivity contribution >= 4 is 21.8 Å². The lowest BCUT2D eigenvalue weighted by Gasteiger charge is -2.11. The number of rotatable bonds is 4. The molecule has 0 N–H and O–H groups in total. The van der Waals surface area contributed by atoms with Gasteiger partial charge in [-0.05, 0) is 30.3 Å². The average molecular weight is 476 g/mol. The molecule has 0 atom stereocenters. The Morgan fingerprint density at radius 3 is 2.03 bits per heavy atom. The maximum atomic E-state index is 5.11. The second-order valence-electron chi connectivity index (χ2n) is 8.82. The fraction of sp³-hybridized carbons (Fsp3) is 0. The van der Waals surface area contributed by atoms with Crippen LogP contribution in [0.15, 0.2) is 128 Å². The zero-order valence-electron chi connectivity index (χ0n) is 19.9. The number of nitrogens with zero attached hydrogens (tertiary/aromatic N) is 5. The van der Waals surface area contributed by atoms with Gasteiger partial charge in [0.05, 0.1) is 28.1 Å². The summed E-state index contributed by atoms with van der Waals surface area (Å²) in [7, 11) is 0. The highest BCUT2D eigenvalue weighted by atomic mass is 15.1. The minimum atomic E-state index is 0.673. The van der Waals surface area contributed by atoms with Crippen molar-refractivity contribution in [2.24, 2.45) is 0 Å². The Balaban J connectivity index is 1.44. The van der Waals surface area contributed by atoms with Gasteiger partial charge in [-0.15, -0.1) is 0 Å². The first-order valence-electron chi connectivity index (χ1n) is 12.2. The van der Waals surface area contributed by atoms with Crippen LogP contribution in [-0.2, 0) is 0 Å². The molecule has 0 radical (unpaired) electrons. The van der Waals surface area contributed by atoms with E-state index in [0.717, 1.165) is 55.8 Å². The van der Waals surface area contributed by atoms with Crippen molar-refractivity contribution in [3.05, 3.63) is 128 Å². The summed E-state index contributed by atoms with van der Waals surface area (Å²) >= 11 is 0. The zero-order valence-corrected chi connectivity index (χ0v) is 19.9. The molecule has 0 aliphatic heterocycles. The first-order chi connectivity index (χ1) is 18.3. The summed E-state index contributed by atoms with van der Waals surface area (Å²) in [5, 5.41) is 2.25. The summed E-state index contributed by atoms with van der Waals surface area (Å²) in [5.74, 6) is 1.50. The highest BCUT2D eigenvalue weighted by molar-refractivity contribution is 6.08. The van der Waals surface area contributed by atoms with Crippen LogP contribution in [0.1, 0.15) is 0 Å². The molecule has 7 rings (SSSR count). The van der Waals surface area contributed by atoms with Gasteiger partial charge in [0.1, 0.15) is 5.82 Å². The second-order valence-corrected chi connectivity index (χ2v) is 8.82. The molecule has 0 amide bonds. The lowest BCUT2D eigenvalue weighted by atomic mass is 10.1. The third-order valence-corrected chi connectivity index (χ3v) is 6.53. The summed E-state index contributed by atoms with van der Waals surface area (Å²) in [6.45, 7) is 0. The lowest BCUT2D eigenvalue weighted by molar-refractivity contribution is 1.07. The molecule has 0 saturated carbocycles. The van der Waals surface area contributed by atoms with Crippen molar-refractivity contribution in [3.63, 3.8) is 0 Å². The summed E-state index contributed by atoms with van der Waals surface area (Å²) in [4.78, 5) is 19.3. The minimum absolute atomic E-state index is 0.673. The monoisotopic (exact) mass is 475 g/mol. The van der Waals surface area contributed by atoms with Crippen molar-refractivity contribution in [1.29, 1.82) is 0 Å². The van der Waals surface area contributed by atoms with Crippen LogP contribution in [0.25, 0.3) is 61.7 Å². The van der Waals surface area contributed by atoms with Gasteiger partial charge in [0.15, 0.2) is 5.82 Å². The fourth-order valence-corrected chi connectivity index (χ4v) is 4.80. The van der Waals surface area contributed by atoms with Crippen molar-refractivity contribution in [1.82, 2.24) is 24.5 Å². The van der Waals surface area contributed by atoms with Gasteiger partial charge >= 0.3 is 0 Å². The van der Waals surface area contributed by atoms with Crippen molar-refractivity contribution in [3.8, 4) is 39.9 Å². The van der Waals surface area contributed by atoms with E-state index in [0.29, 0.717) is 5.82 Å². The fourth-order valence-electron chi connectivity index (χ4n) is 4.80. The minimum Gasteiger partial charge on any atom is -0.294 e. The van der Waals surface area contributed by atoms with Crippen molar-refractivity contribution < 1.29 is 0 Å². The molecule has 0 bridgehead atoms. The highest BCUT2D eigenvalue weighted by Crippen LogP contribution is 2.32. The smallest absolute Gasteiger partial charge is 0.160 e. The Morgan fingerprint density at radius 1 is 0.486 bits per heavy atom. The van der Waals surface area contributed by atoms with Crippen LogP contribution in [0.5, 0.6) is 0 Å². The molecule has 7 aromatic rings. The number of pyridine rings is 2. The standard InChI is InChI=1S/C32H21N5/c1-3-10-22(11-4-1)27-20-28(36-32(35-27)23-12-5-2-6-13-23)26-15-9-17-31(34-26)37-29-16-8-7-14-24(29)25-21-33-19-18-30(25)37/h1-21H. The molecular formula is C32H21N5. The number of hydrogen-bond acceptors (Lipinski definition) is 4. The molecule has 174 valence electrons. The van der Waals surface area contributed by atoms with Crippen LogP contribution in [0.2, 0.25) is 0 Å². The van der Waals surface area contributed by atoms with E-state index in [-0.39, 0.29) is 0 Å². The van der Waals surface area contributed by atoms with Crippen LogP contribution >= 0.6 is 0 Å². The number of hydrogen-bond donors (Lipinski definition) is 0. The van der Waals surface area contributed by atoms with E-state index in [4.69, 9.17) is 15.0 Å². The number of para-hydroxylation sites is 1. The molecule has 3 aromatic carbocycles. The van der Waals surface area contributed by atoms with Gasteiger partial charge in [0, 0.05) is 34.3 Å². The van der Waals surface area contributed by atoms with Crippen LogP contribution in [-0.4, -0.2) is 24.5 Å². The van der Waals surface area contributed by atoms with Crippen LogP contribution in [0.3, 0.4) is 0 Å². The maximum absolute atomic E-state index is 5.11. The van der Waals surface area contributed by atoms with Gasteiger partial charge in [-0.25, -0.2) is 15.0 Å². The molecule has 0 fully saturated rings. The van der Waals surface area contributed by atoms with E-state index in [1.165, 1.54) is 0 Å². The summed E-state index contributed by atoms with van der Waals surface area (Å²) < 4.78 is 2.19. The van der Waals surface area contributed by atoms with E-state index in [1.807, 2.05) is 91.3 Å². The third-order valence-electron chi connectivity index (χ3n) is 6.53. The Kier molecular flexibility index (Phi) is 5.03. The van der Waals surface area contributed by atoms with Gasteiger partial charge in [-0.1, -0.05) is 84.9 Å². The van der Waals surface area contributed by atoms with E-state index in [9.17, 15) is 0 Å². The molecule has 5 heteroatoms. The predicted molar refractivity (Wildman–Crippen MR) is 148 cm³/mol. The predicted octanol–water partition coefficient (Wildman–Crippen LogP) is 7.36. The van der Waals surface area contributed by atoms with Crippen LogP contribution < -0.4 is 0 Å². The molecule has 0 aliphatic rings. The Hall–Kier alpha value is -5.16. The van der Waals surface area contributed by atoms with Crippen molar-refractivity contribution in [2.45, 2.75) is 0 Å². The lowest BCUT2D eigenvalue weighted by Crippen LogP contribution is -2.01. The molecular weight excluding hydrogens is 454 g/mol.